The molecule has 0 aliphatic carbocycles. The van der Waals surface area contributed by atoms with E-state index in [9.17, 15) is 0 Å². The number of halogens is 1. The van der Waals surface area contributed by atoms with Crippen molar-refractivity contribution in [2.24, 2.45) is 5.10 Å². The highest BCUT2D eigenvalue weighted by molar-refractivity contribution is 7.98. The number of rotatable bonds is 9. The van der Waals surface area contributed by atoms with Gasteiger partial charge < -0.3 is 4.74 Å². The van der Waals surface area contributed by atoms with Gasteiger partial charge in [0, 0.05) is 16.3 Å². The van der Waals surface area contributed by atoms with Gasteiger partial charge in [-0.1, -0.05) is 61.0 Å². The van der Waals surface area contributed by atoms with Gasteiger partial charge in [0.15, 0.2) is 0 Å². The van der Waals surface area contributed by atoms with E-state index < -0.39 is 0 Å². The highest BCUT2D eigenvalue weighted by Crippen LogP contribution is 2.22. The molecule has 0 unspecified atom stereocenters. The predicted molar refractivity (Wildman–Crippen MR) is 111 cm³/mol. The number of benzene rings is 2. The van der Waals surface area contributed by atoms with Crippen LogP contribution in [0.1, 0.15) is 30.9 Å². The number of nitrogens with zero attached hydrogens (tertiary/aromatic N) is 4. The molecule has 0 N–H and O–H groups in total. The van der Waals surface area contributed by atoms with Crippen molar-refractivity contribution >= 4 is 29.6 Å². The van der Waals surface area contributed by atoms with Gasteiger partial charge in [-0.05, 0) is 36.2 Å². The van der Waals surface area contributed by atoms with Crippen LogP contribution in [-0.2, 0) is 5.75 Å². The van der Waals surface area contributed by atoms with Crippen LogP contribution in [0.25, 0.3) is 0 Å². The van der Waals surface area contributed by atoms with E-state index in [0.717, 1.165) is 45.6 Å². The second-order valence-electron chi connectivity index (χ2n) is 5.86. The van der Waals surface area contributed by atoms with E-state index in [-0.39, 0.29) is 0 Å². The molecule has 1 aromatic heterocycles. The highest BCUT2D eigenvalue weighted by Gasteiger charge is 2.06. The summed E-state index contributed by atoms with van der Waals surface area (Å²) in [6.45, 7) is 2.85. The fraction of sp³-hybridized carbons (Fsp3) is 0.250. The average molecular weight is 401 g/mol. The fourth-order valence-electron chi connectivity index (χ4n) is 2.29. The topological polar surface area (TPSA) is 52.3 Å². The SMILES string of the molecule is CCCCOc1ccccc1/C=N\n1cnnc1SCc1ccc(Cl)cc1. The molecule has 140 valence electrons. The van der Waals surface area contributed by atoms with Crippen molar-refractivity contribution in [2.75, 3.05) is 6.61 Å². The van der Waals surface area contributed by atoms with Crippen LogP contribution in [0.4, 0.5) is 0 Å². The molecule has 0 fully saturated rings. The molecule has 2 aromatic carbocycles. The van der Waals surface area contributed by atoms with Crippen molar-refractivity contribution in [1.29, 1.82) is 0 Å². The number of thioether (sulfide) groups is 1. The summed E-state index contributed by atoms with van der Waals surface area (Å²) in [6, 6.07) is 15.6. The fourth-order valence-corrected chi connectivity index (χ4v) is 3.24. The molecule has 3 rings (SSSR count). The third-order valence-electron chi connectivity index (χ3n) is 3.78. The molecule has 3 aromatic rings. The zero-order valence-corrected chi connectivity index (χ0v) is 16.7. The molecular formula is C20H21ClN4OS. The molecule has 0 aliphatic rings. The lowest BCUT2D eigenvalue weighted by molar-refractivity contribution is 0.309. The van der Waals surface area contributed by atoms with Crippen LogP contribution in [0.3, 0.4) is 0 Å². The van der Waals surface area contributed by atoms with E-state index in [4.69, 9.17) is 16.3 Å². The largest absolute Gasteiger partial charge is 0.493 e. The minimum absolute atomic E-state index is 0.705. The quantitative estimate of drug-likeness (QED) is 0.278. The Labute approximate surface area is 168 Å². The maximum Gasteiger partial charge on any atom is 0.212 e. The smallest absolute Gasteiger partial charge is 0.212 e. The molecule has 0 radical (unpaired) electrons. The van der Waals surface area contributed by atoms with Crippen molar-refractivity contribution in [1.82, 2.24) is 14.9 Å². The first-order chi connectivity index (χ1) is 13.3. The van der Waals surface area contributed by atoms with Crippen LogP contribution < -0.4 is 4.74 Å². The normalized spacial score (nSPS) is 11.2. The Kier molecular flexibility index (Phi) is 7.30. The summed E-state index contributed by atoms with van der Waals surface area (Å²) < 4.78 is 7.51. The van der Waals surface area contributed by atoms with Crippen LogP contribution in [0.5, 0.6) is 5.75 Å². The van der Waals surface area contributed by atoms with Gasteiger partial charge in [-0.2, -0.15) is 9.78 Å². The van der Waals surface area contributed by atoms with Gasteiger partial charge in [-0.3, -0.25) is 0 Å². The Morgan fingerprint density at radius 2 is 2.00 bits per heavy atom. The first-order valence-corrected chi connectivity index (χ1v) is 10.2. The molecular weight excluding hydrogens is 380 g/mol. The maximum atomic E-state index is 5.93. The Morgan fingerprint density at radius 3 is 2.81 bits per heavy atom. The number of aromatic nitrogens is 3. The summed E-state index contributed by atoms with van der Waals surface area (Å²) in [7, 11) is 0. The van der Waals surface area contributed by atoms with E-state index >= 15 is 0 Å². The predicted octanol–water partition coefficient (Wildman–Crippen LogP) is 5.28. The monoisotopic (exact) mass is 400 g/mol. The average Bonchev–Trinajstić information content (AvgIpc) is 3.14. The van der Waals surface area contributed by atoms with E-state index in [0.29, 0.717) is 6.61 Å². The summed E-state index contributed by atoms with van der Waals surface area (Å²) in [5, 5.41) is 14.1. The summed E-state index contributed by atoms with van der Waals surface area (Å²) >= 11 is 7.50. The van der Waals surface area contributed by atoms with E-state index in [1.54, 1.807) is 29.0 Å². The molecule has 27 heavy (non-hydrogen) atoms. The number of hydrogen-bond acceptors (Lipinski definition) is 5. The lowest BCUT2D eigenvalue weighted by atomic mass is 10.2. The van der Waals surface area contributed by atoms with E-state index in [1.165, 1.54) is 0 Å². The molecule has 0 spiro atoms. The van der Waals surface area contributed by atoms with Gasteiger partial charge in [-0.15, -0.1) is 10.2 Å². The van der Waals surface area contributed by atoms with Crippen LogP contribution in [0.2, 0.25) is 5.02 Å². The van der Waals surface area contributed by atoms with E-state index in [2.05, 4.69) is 22.2 Å². The third-order valence-corrected chi connectivity index (χ3v) is 5.03. The van der Waals surface area contributed by atoms with Gasteiger partial charge in [0.25, 0.3) is 0 Å². The van der Waals surface area contributed by atoms with Gasteiger partial charge in [0.2, 0.25) is 5.16 Å². The zero-order chi connectivity index (χ0) is 18.9. The lowest BCUT2D eigenvalue weighted by Gasteiger charge is -2.08. The lowest BCUT2D eigenvalue weighted by Crippen LogP contribution is -2.00. The number of ether oxygens (including phenoxy) is 1. The van der Waals surface area contributed by atoms with Gasteiger partial charge >= 0.3 is 0 Å². The first kappa shape index (κ1) is 19.5. The van der Waals surface area contributed by atoms with Crippen LogP contribution in [0, 0.1) is 0 Å². The minimum atomic E-state index is 0.705. The van der Waals surface area contributed by atoms with Crippen LogP contribution in [-0.4, -0.2) is 27.7 Å². The molecule has 7 heteroatoms. The van der Waals surface area contributed by atoms with Crippen molar-refractivity contribution in [2.45, 2.75) is 30.7 Å². The number of hydrogen-bond donors (Lipinski definition) is 0. The molecule has 0 amide bonds. The minimum Gasteiger partial charge on any atom is -0.493 e. The van der Waals surface area contributed by atoms with Crippen molar-refractivity contribution in [3.05, 3.63) is 71.0 Å². The molecule has 0 aliphatic heterocycles. The second-order valence-corrected chi connectivity index (χ2v) is 7.24. The molecule has 0 saturated carbocycles. The first-order valence-electron chi connectivity index (χ1n) is 8.79. The number of unbranched alkanes of at least 4 members (excludes halogenated alkanes) is 1. The second kappa shape index (κ2) is 10.1. The molecule has 0 atom stereocenters. The Morgan fingerprint density at radius 1 is 1.19 bits per heavy atom. The van der Waals surface area contributed by atoms with Gasteiger partial charge in [0.05, 0.1) is 12.8 Å². The van der Waals surface area contributed by atoms with Gasteiger partial charge in [-0.25, -0.2) is 0 Å². The van der Waals surface area contributed by atoms with Crippen LogP contribution >= 0.6 is 23.4 Å². The Bertz CT molecular complexity index is 880. The Hall–Kier alpha value is -2.31. The third kappa shape index (κ3) is 5.84. The summed E-state index contributed by atoms with van der Waals surface area (Å²) in [5.41, 5.74) is 2.09. The number of para-hydroxylation sites is 1. The van der Waals surface area contributed by atoms with Crippen molar-refractivity contribution in [3.8, 4) is 5.75 Å². The summed E-state index contributed by atoms with van der Waals surface area (Å²) in [6.07, 6.45) is 5.51. The molecule has 0 saturated heterocycles. The highest BCUT2D eigenvalue weighted by atomic mass is 35.5. The van der Waals surface area contributed by atoms with Crippen LogP contribution in [0.15, 0.2) is 65.1 Å². The molecule has 5 nitrogen and oxygen atoms in total. The standard InChI is InChI=1S/C20H21ClN4OS/c1-2-3-12-26-19-7-5-4-6-17(19)13-23-25-15-22-24-20(25)27-14-16-8-10-18(21)11-9-16/h4-11,13,15H,2-3,12,14H2,1H3/b23-13-. The zero-order valence-electron chi connectivity index (χ0n) is 15.1. The van der Waals surface area contributed by atoms with Gasteiger partial charge in [0.1, 0.15) is 12.1 Å². The molecule has 0 bridgehead atoms. The van der Waals surface area contributed by atoms with Crippen molar-refractivity contribution in [3.63, 3.8) is 0 Å². The van der Waals surface area contributed by atoms with E-state index in [1.807, 2.05) is 48.5 Å². The van der Waals surface area contributed by atoms with Crippen molar-refractivity contribution < 1.29 is 4.74 Å². The summed E-state index contributed by atoms with van der Waals surface area (Å²) in [5.74, 6) is 1.60. The summed E-state index contributed by atoms with van der Waals surface area (Å²) in [4.78, 5) is 0. The Balaban J connectivity index is 1.66. The molecule has 1 heterocycles. The maximum absolute atomic E-state index is 5.93.